The molecule has 0 fully saturated rings. The number of pyridine rings is 1. The number of hydrogen-bond acceptors (Lipinski definition) is 3. The van der Waals surface area contributed by atoms with Crippen LogP contribution in [0.5, 0.6) is 0 Å². The fourth-order valence-electron chi connectivity index (χ4n) is 1.54. The Morgan fingerprint density at radius 2 is 2.00 bits per heavy atom. The van der Waals surface area contributed by atoms with E-state index in [0.717, 1.165) is 5.69 Å². The summed E-state index contributed by atoms with van der Waals surface area (Å²) in [5, 5.41) is 8.76. The van der Waals surface area contributed by atoms with Crippen molar-refractivity contribution >= 4 is 9.04 Å². The first-order valence-corrected chi connectivity index (χ1v) is 8.08. The average Bonchev–Trinajstić information content (AvgIpc) is 2.24. The molecule has 0 aromatic carbocycles. The van der Waals surface area contributed by atoms with Crippen molar-refractivity contribution in [3.8, 4) is 6.07 Å². The van der Waals surface area contributed by atoms with Crippen LogP contribution in [0.1, 0.15) is 38.1 Å². The zero-order valence-corrected chi connectivity index (χ0v) is 12.1. The van der Waals surface area contributed by atoms with Gasteiger partial charge in [0.2, 0.25) is 9.04 Å². The second-order valence-corrected chi connectivity index (χ2v) is 7.41. The minimum absolute atomic E-state index is 0.00307. The summed E-state index contributed by atoms with van der Waals surface area (Å²) in [5.41, 5.74) is 1.49. The zero-order valence-electron chi connectivity index (χ0n) is 11.1. The largest absolute Gasteiger partial charge is 0.408 e. The van der Waals surface area contributed by atoms with Crippen molar-refractivity contribution in [1.29, 1.82) is 5.26 Å². The molecule has 0 saturated heterocycles. The molecule has 1 unspecified atom stereocenters. The molecular weight excluding hydrogens is 228 g/mol. The van der Waals surface area contributed by atoms with Crippen LogP contribution in [0.2, 0.25) is 13.1 Å². The third-order valence-corrected chi connectivity index (χ3v) is 3.03. The number of nitrogens with zero attached hydrogens (tertiary/aromatic N) is 2. The number of aromatic nitrogens is 1. The van der Waals surface area contributed by atoms with Gasteiger partial charge in [0.05, 0.1) is 17.4 Å². The van der Waals surface area contributed by atoms with Gasteiger partial charge in [0.25, 0.3) is 0 Å². The molecule has 0 aliphatic rings. The van der Waals surface area contributed by atoms with E-state index in [4.69, 9.17) is 9.69 Å². The van der Waals surface area contributed by atoms with Crippen LogP contribution in [-0.4, -0.2) is 14.0 Å². The van der Waals surface area contributed by atoms with Crippen molar-refractivity contribution in [2.75, 3.05) is 0 Å². The van der Waals surface area contributed by atoms with Gasteiger partial charge in [0.15, 0.2) is 0 Å². The van der Waals surface area contributed by atoms with Gasteiger partial charge in [-0.2, -0.15) is 5.26 Å². The molecule has 0 aliphatic carbocycles. The van der Waals surface area contributed by atoms with E-state index in [0.29, 0.717) is 5.56 Å². The molecule has 0 amide bonds. The second-order valence-electron chi connectivity index (χ2n) is 5.36. The first-order valence-electron chi connectivity index (χ1n) is 5.67. The molecule has 1 aromatic rings. The van der Waals surface area contributed by atoms with Gasteiger partial charge in [-0.05, 0) is 30.6 Å². The van der Waals surface area contributed by atoms with Gasteiger partial charge in [0, 0.05) is 6.20 Å². The van der Waals surface area contributed by atoms with Crippen LogP contribution in [0.15, 0.2) is 18.3 Å². The highest BCUT2D eigenvalue weighted by Crippen LogP contribution is 2.35. The minimum Gasteiger partial charge on any atom is -0.408 e. The van der Waals surface area contributed by atoms with E-state index in [-0.39, 0.29) is 11.5 Å². The molecule has 1 rings (SSSR count). The quantitative estimate of drug-likeness (QED) is 0.770. The van der Waals surface area contributed by atoms with Crippen LogP contribution in [0, 0.1) is 16.7 Å². The van der Waals surface area contributed by atoms with E-state index in [1.54, 1.807) is 12.3 Å². The van der Waals surface area contributed by atoms with Crippen LogP contribution in [-0.2, 0) is 4.43 Å². The highest BCUT2D eigenvalue weighted by molar-refractivity contribution is 6.48. The molecule has 17 heavy (non-hydrogen) atoms. The van der Waals surface area contributed by atoms with Gasteiger partial charge in [0.1, 0.15) is 6.07 Å². The monoisotopic (exact) mass is 247 g/mol. The molecule has 0 aliphatic heterocycles. The van der Waals surface area contributed by atoms with E-state index in [1.807, 2.05) is 6.07 Å². The molecule has 0 N–H and O–H groups in total. The lowest BCUT2D eigenvalue weighted by atomic mass is 9.87. The van der Waals surface area contributed by atoms with Gasteiger partial charge in [-0.25, -0.2) is 0 Å². The molecule has 4 heteroatoms. The lowest BCUT2D eigenvalue weighted by Crippen LogP contribution is -2.26. The second kappa shape index (κ2) is 5.43. The maximum absolute atomic E-state index is 8.76. The van der Waals surface area contributed by atoms with Crippen LogP contribution in [0.4, 0.5) is 0 Å². The third kappa shape index (κ3) is 3.95. The van der Waals surface area contributed by atoms with Gasteiger partial charge in [-0.1, -0.05) is 20.8 Å². The molecule has 1 atom stereocenters. The van der Waals surface area contributed by atoms with Crippen molar-refractivity contribution < 1.29 is 4.43 Å². The Morgan fingerprint density at radius 3 is 2.35 bits per heavy atom. The summed E-state index contributed by atoms with van der Waals surface area (Å²) in [6.45, 7) is 10.7. The summed E-state index contributed by atoms with van der Waals surface area (Å²) in [7, 11) is -0.783. The van der Waals surface area contributed by atoms with Gasteiger partial charge >= 0.3 is 0 Å². The van der Waals surface area contributed by atoms with Crippen molar-refractivity contribution in [1.82, 2.24) is 4.98 Å². The Morgan fingerprint density at radius 1 is 1.35 bits per heavy atom. The van der Waals surface area contributed by atoms with Crippen molar-refractivity contribution in [3.05, 3.63) is 29.6 Å². The fraction of sp³-hybridized carbons (Fsp3) is 0.538. The van der Waals surface area contributed by atoms with E-state index in [2.05, 4.69) is 44.9 Å². The Labute approximate surface area is 105 Å². The van der Waals surface area contributed by atoms with Crippen LogP contribution < -0.4 is 0 Å². The Hall–Kier alpha value is -1.18. The molecular formula is C13H19N2OSi. The molecule has 1 heterocycles. The maximum Gasteiger partial charge on any atom is 0.205 e. The standard InChI is InChI=1S/C13H19N2OSi/c1-13(2,3)12(16-17(4)5)11-7-6-10(8-14)9-15-11/h6-7,9,12H,1-5H3. The van der Waals surface area contributed by atoms with Crippen LogP contribution in [0.25, 0.3) is 0 Å². The molecule has 0 bridgehead atoms. The highest BCUT2D eigenvalue weighted by atomic mass is 28.3. The summed E-state index contributed by atoms with van der Waals surface area (Å²) in [6, 6.07) is 5.76. The Balaban J connectivity index is 3.01. The van der Waals surface area contributed by atoms with E-state index in [9.17, 15) is 0 Å². The Kier molecular flexibility index (Phi) is 4.44. The molecule has 0 spiro atoms. The van der Waals surface area contributed by atoms with E-state index >= 15 is 0 Å². The number of rotatable bonds is 3. The third-order valence-electron chi connectivity index (χ3n) is 2.32. The smallest absolute Gasteiger partial charge is 0.205 e. The van der Waals surface area contributed by atoms with E-state index < -0.39 is 9.04 Å². The molecule has 1 radical (unpaired) electrons. The first-order chi connectivity index (χ1) is 7.84. The van der Waals surface area contributed by atoms with Gasteiger partial charge in [-0.15, -0.1) is 0 Å². The SMILES string of the molecule is C[Si](C)OC(c1ccc(C#N)cn1)C(C)(C)C. The van der Waals surface area contributed by atoms with Crippen LogP contribution >= 0.6 is 0 Å². The summed E-state index contributed by atoms with van der Waals surface area (Å²) >= 11 is 0. The normalized spacial score (nSPS) is 13.5. The number of hydrogen-bond donors (Lipinski definition) is 0. The summed E-state index contributed by atoms with van der Waals surface area (Å²) < 4.78 is 6.03. The Bertz CT molecular complexity index is 401. The topological polar surface area (TPSA) is 45.9 Å². The summed E-state index contributed by atoms with van der Waals surface area (Å²) in [4.78, 5) is 4.34. The van der Waals surface area contributed by atoms with Crippen molar-refractivity contribution in [3.63, 3.8) is 0 Å². The summed E-state index contributed by atoms with van der Waals surface area (Å²) in [6.07, 6.45) is 1.59. The lowest BCUT2D eigenvalue weighted by Gasteiger charge is -2.31. The van der Waals surface area contributed by atoms with Crippen LogP contribution in [0.3, 0.4) is 0 Å². The van der Waals surface area contributed by atoms with E-state index in [1.165, 1.54) is 0 Å². The van der Waals surface area contributed by atoms with Crippen molar-refractivity contribution in [2.24, 2.45) is 5.41 Å². The summed E-state index contributed by atoms with van der Waals surface area (Å²) in [5.74, 6) is 0. The molecule has 0 saturated carbocycles. The average molecular weight is 247 g/mol. The minimum atomic E-state index is -0.783. The highest BCUT2D eigenvalue weighted by Gasteiger charge is 2.29. The van der Waals surface area contributed by atoms with Crippen molar-refractivity contribution in [2.45, 2.75) is 40.0 Å². The van der Waals surface area contributed by atoms with Gasteiger partial charge in [-0.3, -0.25) is 4.98 Å². The molecule has 91 valence electrons. The first kappa shape index (κ1) is 13.9. The fourth-order valence-corrected chi connectivity index (χ4v) is 2.49. The number of nitriles is 1. The maximum atomic E-state index is 8.76. The van der Waals surface area contributed by atoms with Gasteiger partial charge < -0.3 is 4.43 Å². The lowest BCUT2D eigenvalue weighted by molar-refractivity contribution is 0.0827. The zero-order chi connectivity index (χ0) is 13.1. The predicted octanol–water partition coefficient (Wildman–Crippen LogP) is 3.31. The molecule has 3 nitrogen and oxygen atoms in total. The predicted molar refractivity (Wildman–Crippen MR) is 69.7 cm³/mol. The molecule has 1 aromatic heterocycles.